The lowest BCUT2D eigenvalue weighted by atomic mass is 10.0. The number of ether oxygens (including phenoxy) is 1. The smallest absolute Gasteiger partial charge is 0.118 e. The molecule has 0 spiro atoms. The van der Waals surface area contributed by atoms with Crippen LogP contribution in [0.15, 0.2) is 24.3 Å². The van der Waals surface area contributed by atoms with Crippen molar-refractivity contribution in [1.29, 1.82) is 0 Å². The first kappa shape index (κ1) is 12.1. The van der Waals surface area contributed by atoms with Gasteiger partial charge in [-0.2, -0.15) is 0 Å². The summed E-state index contributed by atoms with van der Waals surface area (Å²) in [6.07, 6.45) is 0.890. The number of methoxy groups -OCH3 is 1. The van der Waals surface area contributed by atoms with Crippen molar-refractivity contribution in [1.82, 2.24) is 0 Å². The SMILES string of the molecule is COc1ccc(CC(C)(Cl)CI)cc1. The Labute approximate surface area is 104 Å². The van der Waals surface area contributed by atoms with Gasteiger partial charge in [0.1, 0.15) is 5.75 Å². The van der Waals surface area contributed by atoms with Crippen LogP contribution in [0, 0.1) is 0 Å². The maximum atomic E-state index is 6.29. The van der Waals surface area contributed by atoms with E-state index >= 15 is 0 Å². The predicted octanol–water partition coefficient (Wildman–Crippen LogP) is 3.67. The van der Waals surface area contributed by atoms with Crippen molar-refractivity contribution in [3.05, 3.63) is 29.8 Å². The van der Waals surface area contributed by atoms with Crippen LogP contribution in [0.5, 0.6) is 5.75 Å². The second-order valence-electron chi connectivity index (χ2n) is 3.57. The molecule has 0 saturated carbocycles. The van der Waals surface area contributed by atoms with Gasteiger partial charge in [0, 0.05) is 4.43 Å². The first-order valence-corrected chi connectivity index (χ1v) is 6.35. The largest absolute Gasteiger partial charge is 0.497 e. The van der Waals surface area contributed by atoms with Crippen molar-refractivity contribution in [2.75, 3.05) is 11.5 Å². The van der Waals surface area contributed by atoms with Crippen LogP contribution >= 0.6 is 34.2 Å². The zero-order valence-corrected chi connectivity index (χ0v) is 11.3. The molecule has 1 nitrogen and oxygen atoms in total. The van der Waals surface area contributed by atoms with E-state index in [1.54, 1.807) is 7.11 Å². The van der Waals surface area contributed by atoms with Crippen molar-refractivity contribution in [2.45, 2.75) is 18.2 Å². The van der Waals surface area contributed by atoms with Crippen molar-refractivity contribution in [3.63, 3.8) is 0 Å². The summed E-state index contributed by atoms with van der Waals surface area (Å²) in [6.45, 7) is 2.06. The molecule has 3 heteroatoms. The zero-order chi connectivity index (χ0) is 10.6. The fraction of sp³-hybridized carbons (Fsp3) is 0.455. The molecule has 78 valence electrons. The lowest BCUT2D eigenvalue weighted by Gasteiger charge is -2.18. The van der Waals surface area contributed by atoms with Crippen molar-refractivity contribution < 1.29 is 4.74 Å². The van der Waals surface area contributed by atoms with Crippen LogP contribution in [-0.4, -0.2) is 16.4 Å². The summed E-state index contributed by atoms with van der Waals surface area (Å²) in [5.41, 5.74) is 1.25. The van der Waals surface area contributed by atoms with Gasteiger partial charge in [-0.3, -0.25) is 0 Å². The van der Waals surface area contributed by atoms with Crippen LogP contribution in [0.2, 0.25) is 0 Å². The number of halogens is 2. The monoisotopic (exact) mass is 324 g/mol. The lowest BCUT2D eigenvalue weighted by molar-refractivity contribution is 0.414. The van der Waals surface area contributed by atoms with E-state index in [2.05, 4.69) is 41.6 Å². The molecular formula is C11H14ClIO. The summed E-state index contributed by atoms with van der Waals surface area (Å²) in [5.74, 6) is 0.888. The molecule has 0 bridgehead atoms. The molecule has 1 unspecified atom stereocenters. The summed E-state index contributed by atoms with van der Waals surface area (Å²) in [7, 11) is 1.67. The van der Waals surface area contributed by atoms with Gasteiger partial charge in [-0.05, 0) is 31.0 Å². The third-order valence-electron chi connectivity index (χ3n) is 2.01. The molecule has 0 N–H and O–H groups in total. The Bertz CT molecular complexity index is 282. The van der Waals surface area contributed by atoms with Gasteiger partial charge in [0.05, 0.1) is 12.0 Å². The third-order valence-corrected chi connectivity index (χ3v) is 4.41. The van der Waals surface area contributed by atoms with Crippen LogP contribution < -0.4 is 4.74 Å². The fourth-order valence-electron chi connectivity index (χ4n) is 1.22. The minimum absolute atomic E-state index is 0.144. The Morgan fingerprint density at radius 3 is 2.36 bits per heavy atom. The zero-order valence-electron chi connectivity index (χ0n) is 8.39. The first-order chi connectivity index (χ1) is 6.57. The van der Waals surface area contributed by atoms with Crippen molar-refractivity contribution in [3.8, 4) is 5.75 Å². The van der Waals surface area contributed by atoms with E-state index in [-0.39, 0.29) is 4.87 Å². The number of rotatable bonds is 4. The van der Waals surface area contributed by atoms with E-state index in [1.807, 2.05) is 12.1 Å². The number of hydrogen-bond donors (Lipinski definition) is 0. The molecular weight excluding hydrogens is 310 g/mol. The highest BCUT2D eigenvalue weighted by atomic mass is 127. The van der Waals surface area contributed by atoms with E-state index in [9.17, 15) is 0 Å². The summed E-state index contributed by atoms with van der Waals surface area (Å²) < 4.78 is 6.03. The predicted molar refractivity (Wildman–Crippen MR) is 69.8 cm³/mol. The first-order valence-electron chi connectivity index (χ1n) is 4.45. The third kappa shape index (κ3) is 3.65. The maximum Gasteiger partial charge on any atom is 0.118 e. The molecule has 0 aliphatic rings. The molecule has 0 radical (unpaired) electrons. The highest BCUT2D eigenvalue weighted by Crippen LogP contribution is 2.24. The average Bonchev–Trinajstić information content (AvgIpc) is 2.19. The molecule has 0 aliphatic heterocycles. The second-order valence-corrected chi connectivity index (χ2v) is 5.25. The molecule has 1 aromatic rings. The van der Waals surface area contributed by atoms with Crippen LogP contribution in [0.25, 0.3) is 0 Å². The van der Waals surface area contributed by atoms with Gasteiger partial charge in [-0.25, -0.2) is 0 Å². The van der Waals surface area contributed by atoms with Crippen molar-refractivity contribution in [2.24, 2.45) is 0 Å². The van der Waals surface area contributed by atoms with Gasteiger partial charge in [0.25, 0.3) is 0 Å². The standard InChI is InChI=1S/C11H14ClIO/c1-11(12,8-13)7-9-3-5-10(14-2)6-4-9/h3-6H,7-8H2,1-2H3. The molecule has 0 aliphatic carbocycles. The van der Waals surface area contributed by atoms with Crippen LogP contribution in [0.1, 0.15) is 12.5 Å². The fourth-order valence-corrected chi connectivity index (χ4v) is 1.64. The van der Waals surface area contributed by atoms with E-state index in [0.717, 1.165) is 16.6 Å². The Kier molecular flexibility index (Phi) is 4.51. The van der Waals surface area contributed by atoms with Gasteiger partial charge < -0.3 is 4.74 Å². The van der Waals surface area contributed by atoms with Gasteiger partial charge in [0.15, 0.2) is 0 Å². The molecule has 0 fully saturated rings. The van der Waals surface area contributed by atoms with E-state index < -0.39 is 0 Å². The van der Waals surface area contributed by atoms with Crippen molar-refractivity contribution >= 4 is 34.2 Å². The maximum absolute atomic E-state index is 6.29. The van der Waals surface area contributed by atoms with E-state index in [4.69, 9.17) is 16.3 Å². The Morgan fingerprint density at radius 2 is 1.93 bits per heavy atom. The highest BCUT2D eigenvalue weighted by molar-refractivity contribution is 14.1. The molecule has 0 amide bonds. The average molecular weight is 325 g/mol. The molecule has 1 aromatic carbocycles. The number of alkyl halides is 2. The van der Waals surface area contributed by atoms with Gasteiger partial charge in [-0.1, -0.05) is 34.7 Å². The minimum atomic E-state index is -0.144. The quantitative estimate of drug-likeness (QED) is 0.606. The van der Waals surface area contributed by atoms with Gasteiger partial charge >= 0.3 is 0 Å². The molecule has 1 atom stereocenters. The summed E-state index contributed by atoms with van der Waals surface area (Å²) in [4.78, 5) is -0.144. The molecule has 0 heterocycles. The Balaban J connectivity index is 2.69. The van der Waals surface area contributed by atoms with E-state index in [0.29, 0.717) is 0 Å². The summed E-state index contributed by atoms with van der Waals surface area (Å²) >= 11 is 8.60. The number of hydrogen-bond acceptors (Lipinski definition) is 1. The van der Waals surface area contributed by atoms with Crippen LogP contribution in [0.4, 0.5) is 0 Å². The lowest BCUT2D eigenvalue weighted by Crippen LogP contribution is -2.21. The topological polar surface area (TPSA) is 9.23 Å². The minimum Gasteiger partial charge on any atom is -0.497 e. The van der Waals surface area contributed by atoms with Crippen LogP contribution in [0.3, 0.4) is 0 Å². The second kappa shape index (κ2) is 5.21. The van der Waals surface area contributed by atoms with Crippen LogP contribution in [-0.2, 0) is 6.42 Å². The Morgan fingerprint density at radius 1 is 1.36 bits per heavy atom. The van der Waals surface area contributed by atoms with Gasteiger partial charge in [0.2, 0.25) is 0 Å². The number of benzene rings is 1. The molecule has 0 aromatic heterocycles. The highest BCUT2D eigenvalue weighted by Gasteiger charge is 2.19. The van der Waals surface area contributed by atoms with Gasteiger partial charge in [-0.15, -0.1) is 11.6 Å². The molecule has 0 saturated heterocycles. The molecule has 14 heavy (non-hydrogen) atoms. The molecule has 1 rings (SSSR count). The summed E-state index contributed by atoms with van der Waals surface area (Å²) in [5, 5.41) is 0. The normalized spacial score (nSPS) is 14.9. The summed E-state index contributed by atoms with van der Waals surface area (Å²) in [6, 6.07) is 8.06. The van der Waals surface area contributed by atoms with E-state index in [1.165, 1.54) is 5.56 Å². The Hall–Kier alpha value is 0.0400.